The fourth-order valence-corrected chi connectivity index (χ4v) is 3.22. The molecule has 0 N–H and O–H groups in total. The highest BCUT2D eigenvalue weighted by molar-refractivity contribution is 6.32. The molecule has 6 nitrogen and oxygen atoms in total. The molecular weight excluding hydrogens is 468 g/mol. The molecule has 1 heterocycles. The lowest BCUT2D eigenvalue weighted by molar-refractivity contribution is -0.137. The van der Waals surface area contributed by atoms with Crippen molar-refractivity contribution in [1.29, 1.82) is 0 Å². The van der Waals surface area contributed by atoms with Crippen LogP contribution in [0.25, 0.3) is 11.3 Å². The van der Waals surface area contributed by atoms with Crippen LogP contribution in [-0.2, 0) is 17.5 Å². The Hall–Kier alpha value is -3.27. The van der Waals surface area contributed by atoms with Crippen molar-refractivity contribution in [1.82, 2.24) is 9.78 Å². The molecule has 3 rings (SSSR count). The molecule has 176 valence electrons. The fraction of sp³-hybridized carbons (Fsp3) is 0.273. The number of carbonyl (C=O) groups excluding carboxylic acids is 1. The molecule has 0 aliphatic rings. The van der Waals surface area contributed by atoms with Gasteiger partial charge in [-0.1, -0.05) is 23.7 Å². The van der Waals surface area contributed by atoms with Gasteiger partial charge >= 0.3 is 12.1 Å². The van der Waals surface area contributed by atoms with Crippen molar-refractivity contribution in [3.63, 3.8) is 0 Å². The number of esters is 1. The Bertz CT molecular complexity index is 1150. The molecule has 0 bridgehead atoms. The van der Waals surface area contributed by atoms with Crippen molar-refractivity contribution in [3.8, 4) is 22.9 Å². The zero-order valence-corrected chi connectivity index (χ0v) is 18.3. The van der Waals surface area contributed by atoms with Crippen molar-refractivity contribution >= 4 is 17.6 Å². The third kappa shape index (κ3) is 5.57. The summed E-state index contributed by atoms with van der Waals surface area (Å²) < 4.78 is 70.1. The molecule has 0 aliphatic heterocycles. The number of hydrogen-bond donors (Lipinski definition) is 0. The van der Waals surface area contributed by atoms with Crippen molar-refractivity contribution in [2.75, 3.05) is 20.3 Å². The highest BCUT2D eigenvalue weighted by atomic mass is 35.5. The third-order valence-corrected chi connectivity index (χ3v) is 4.80. The molecule has 0 spiro atoms. The highest BCUT2D eigenvalue weighted by Crippen LogP contribution is 2.35. The van der Waals surface area contributed by atoms with Gasteiger partial charge in [-0.2, -0.15) is 22.7 Å². The molecule has 0 radical (unpaired) electrons. The van der Waals surface area contributed by atoms with Crippen molar-refractivity contribution < 1.29 is 36.6 Å². The number of carbonyl (C=O) groups is 1. The Balaban J connectivity index is 1.81. The van der Waals surface area contributed by atoms with E-state index in [9.17, 15) is 18.0 Å². The molecule has 0 atom stereocenters. The maximum Gasteiger partial charge on any atom is 0.416 e. The highest BCUT2D eigenvalue weighted by Gasteiger charge is 2.31. The van der Waals surface area contributed by atoms with Gasteiger partial charge in [0.2, 0.25) is 11.7 Å². The maximum atomic E-state index is 15.1. The van der Waals surface area contributed by atoms with Gasteiger partial charge in [0.15, 0.2) is 0 Å². The minimum atomic E-state index is -4.53. The van der Waals surface area contributed by atoms with Gasteiger partial charge in [-0.25, -0.2) is 9.48 Å². The van der Waals surface area contributed by atoms with E-state index in [1.165, 1.54) is 23.9 Å². The van der Waals surface area contributed by atoms with Crippen molar-refractivity contribution in [2.24, 2.45) is 0 Å². The minimum Gasteiger partial charge on any atom is -0.490 e. The van der Waals surface area contributed by atoms with Gasteiger partial charge in [-0.3, -0.25) is 0 Å². The van der Waals surface area contributed by atoms with Crippen LogP contribution in [0.2, 0.25) is 5.02 Å². The molecular formula is C22H19ClF4N2O4. The molecule has 33 heavy (non-hydrogen) atoms. The van der Waals surface area contributed by atoms with Gasteiger partial charge in [0, 0.05) is 5.56 Å². The van der Waals surface area contributed by atoms with E-state index in [1.54, 1.807) is 19.1 Å². The zero-order chi connectivity index (χ0) is 24.2. The number of ether oxygens (including phenoxy) is 3. The van der Waals surface area contributed by atoms with Gasteiger partial charge < -0.3 is 14.2 Å². The number of aromatic nitrogens is 2. The summed E-state index contributed by atoms with van der Waals surface area (Å²) in [5.74, 6) is -1.41. The lowest BCUT2D eigenvalue weighted by Crippen LogP contribution is -2.12. The number of nitrogens with zero attached hydrogens (tertiary/aromatic N) is 2. The first kappa shape index (κ1) is 24.4. The molecule has 11 heteroatoms. The monoisotopic (exact) mass is 486 g/mol. The van der Waals surface area contributed by atoms with E-state index in [0.29, 0.717) is 5.56 Å². The van der Waals surface area contributed by atoms with Gasteiger partial charge in [-0.15, -0.1) is 0 Å². The van der Waals surface area contributed by atoms with Crippen LogP contribution in [0.1, 0.15) is 22.8 Å². The van der Waals surface area contributed by atoms with Crippen LogP contribution < -0.4 is 9.47 Å². The molecule has 0 aliphatic carbocycles. The fourth-order valence-electron chi connectivity index (χ4n) is 2.98. The van der Waals surface area contributed by atoms with E-state index in [2.05, 4.69) is 9.84 Å². The quantitative estimate of drug-likeness (QED) is 0.305. The predicted molar refractivity (Wildman–Crippen MR) is 112 cm³/mol. The number of methoxy groups -OCH3 is 1. The topological polar surface area (TPSA) is 62.6 Å². The Morgan fingerprint density at radius 1 is 1.15 bits per heavy atom. The van der Waals surface area contributed by atoms with Crippen molar-refractivity contribution in [2.45, 2.75) is 19.6 Å². The summed E-state index contributed by atoms with van der Waals surface area (Å²) in [5.41, 5.74) is -0.382. The van der Waals surface area contributed by atoms with E-state index < -0.39 is 23.5 Å². The lowest BCUT2D eigenvalue weighted by atomic mass is 10.1. The Labute approximate surface area is 191 Å². The smallest absolute Gasteiger partial charge is 0.416 e. The third-order valence-electron chi connectivity index (χ3n) is 4.51. The number of hydrogen-bond acceptors (Lipinski definition) is 5. The molecule has 3 aromatic rings. The first-order valence-corrected chi connectivity index (χ1v) is 10.1. The normalized spacial score (nSPS) is 11.4. The summed E-state index contributed by atoms with van der Waals surface area (Å²) in [6.45, 7) is 1.77. The van der Waals surface area contributed by atoms with Crippen LogP contribution in [0.15, 0.2) is 42.5 Å². The summed E-state index contributed by atoms with van der Waals surface area (Å²) >= 11 is 5.89. The zero-order valence-electron chi connectivity index (χ0n) is 17.6. The molecule has 0 saturated carbocycles. The Morgan fingerprint density at radius 2 is 1.91 bits per heavy atom. The summed E-state index contributed by atoms with van der Waals surface area (Å²) in [4.78, 5) is 11.8. The SMILES string of the molecule is CCOc1c(F)c(-c2cccc(C(=O)OC)c2)nn1CCOc1ccc(C(F)(F)F)cc1Cl. The molecule has 2 aromatic carbocycles. The number of rotatable bonds is 8. The minimum absolute atomic E-state index is 0.0142. The second-order valence-corrected chi connectivity index (χ2v) is 7.09. The van der Waals surface area contributed by atoms with Crippen LogP contribution in [0.4, 0.5) is 17.6 Å². The predicted octanol–water partition coefficient (Wildman–Crippen LogP) is 5.63. The van der Waals surface area contributed by atoms with Crippen LogP contribution in [0.5, 0.6) is 11.6 Å². The Kier molecular flexibility index (Phi) is 7.47. The largest absolute Gasteiger partial charge is 0.490 e. The Morgan fingerprint density at radius 3 is 2.55 bits per heavy atom. The van der Waals surface area contributed by atoms with E-state index in [4.69, 9.17) is 21.1 Å². The standard InChI is InChI=1S/C22H19ClF4N2O4/c1-3-32-20-18(24)19(13-5-4-6-14(11-13)21(30)31-2)28-29(20)9-10-33-17-8-7-15(12-16(17)23)22(25,26)27/h4-8,11-12H,3,9-10H2,1-2H3. The number of benzene rings is 2. The molecule has 1 aromatic heterocycles. The van der Waals surface area contributed by atoms with Gasteiger partial charge in [0.05, 0.1) is 36.4 Å². The number of halogens is 5. The van der Waals surface area contributed by atoms with Crippen LogP contribution in [-0.4, -0.2) is 36.1 Å². The van der Waals surface area contributed by atoms with Crippen LogP contribution in [0, 0.1) is 5.82 Å². The van der Waals surface area contributed by atoms with E-state index in [0.717, 1.165) is 18.2 Å². The second-order valence-electron chi connectivity index (χ2n) is 6.69. The average molecular weight is 487 g/mol. The molecule has 0 saturated heterocycles. The molecule has 0 fully saturated rings. The van der Waals surface area contributed by atoms with E-state index in [-0.39, 0.29) is 47.7 Å². The number of alkyl halides is 3. The van der Waals surface area contributed by atoms with Crippen LogP contribution in [0.3, 0.4) is 0 Å². The summed E-state index contributed by atoms with van der Waals surface area (Å²) in [6.07, 6.45) is -4.53. The first-order chi connectivity index (χ1) is 15.7. The molecule has 0 amide bonds. The molecule has 0 unspecified atom stereocenters. The van der Waals surface area contributed by atoms with Gasteiger partial charge in [0.25, 0.3) is 0 Å². The van der Waals surface area contributed by atoms with Crippen LogP contribution >= 0.6 is 11.6 Å². The van der Waals surface area contributed by atoms with Crippen molar-refractivity contribution in [3.05, 3.63) is 64.4 Å². The van der Waals surface area contributed by atoms with Gasteiger partial charge in [-0.05, 0) is 37.3 Å². The maximum absolute atomic E-state index is 15.1. The summed E-state index contributed by atoms with van der Waals surface area (Å²) in [5, 5.41) is 4.02. The van der Waals surface area contributed by atoms with E-state index >= 15 is 4.39 Å². The van der Waals surface area contributed by atoms with Gasteiger partial charge in [0.1, 0.15) is 18.1 Å². The van der Waals surface area contributed by atoms with E-state index in [1.807, 2.05) is 0 Å². The average Bonchev–Trinajstić information content (AvgIpc) is 3.09. The summed E-state index contributed by atoms with van der Waals surface area (Å²) in [7, 11) is 1.24. The summed E-state index contributed by atoms with van der Waals surface area (Å²) in [6, 6.07) is 8.84. The second kappa shape index (κ2) is 10.1. The first-order valence-electron chi connectivity index (χ1n) is 9.73. The lowest BCUT2D eigenvalue weighted by Gasteiger charge is -2.12.